The molecule has 0 amide bonds. The second-order valence-corrected chi connectivity index (χ2v) is 2.78. The third-order valence-electron chi connectivity index (χ3n) is 1.73. The van der Waals surface area contributed by atoms with Gasteiger partial charge in [0.15, 0.2) is 0 Å². The Kier molecular flexibility index (Phi) is 2.29. The molecule has 1 nitrogen and oxygen atoms in total. The Morgan fingerprint density at radius 1 is 1.67 bits per heavy atom. The van der Waals surface area contributed by atoms with Crippen LogP contribution in [0.1, 0.15) is 26.2 Å². The molecule has 2 atom stereocenters. The summed E-state index contributed by atoms with van der Waals surface area (Å²) in [4.78, 5) is 0. The van der Waals surface area contributed by atoms with Gasteiger partial charge in [0.1, 0.15) is 0 Å². The van der Waals surface area contributed by atoms with E-state index >= 15 is 0 Å². The Balaban J connectivity index is 2.03. The number of unbranched alkanes of at least 4 members (excludes halogenated alkanes) is 1. The quantitative estimate of drug-likeness (QED) is 0.571. The van der Waals surface area contributed by atoms with E-state index in [0.717, 1.165) is 5.92 Å². The van der Waals surface area contributed by atoms with Gasteiger partial charge in [-0.05, 0) is 18.8 Å². The molecule has 2 unspecified atom stereocenters. The minimum Gasteiger partial charge on any atom is -0.327 e. The van der Waals surface area contributed by atoms with Crippen LogP contribution in [0.15, 0.2) is 12.2 Å². The second kappa shape index (κ2) is 3.02. The molecule has 0 radical (unpaired) electrons. The van der Waals surface area contributed by atoms with Gasteiger partial charge in [0.2, 0.25) is 0 Å². The van der Waals surface area contributed by atoms with Gasteiger partial charge < -0.3 is 5.73 Å². The van der Waals surface area contributed by atoms with Crippen molar-refractivity contribution in [1.82, 2.24) is 0 Å². The molecule has 0 aromatic heterocycles. The first kappa shape index (κ1) is 6.81. The van der Waals surface area contributed by atoms with Gasteiger partial charge in [-0.1, -0.05) is 25.5 Å². The van der Waals surface area contributed by atoms with E-state index in [1.54, 1.807) is 0 Å². The lowest BCUT2D eigenvalue weighted by Crippen LogP contribution is -1.99. The molecule has 0 spiro atoms. The smallest absolute Gasteiger partial charge is 0.0109 e. The minimum atomic E-state index is 0.484. The normalized spacial score (nSPS) is 33.6. The molecule has 1 aliphatic carbocycles. The monoisotopic (exact) mass is 125 g/mol. The van der Waals surface area contributed by atoms with Gasteiger partial charge in [-0.3, -0.25) is 0 Å². The van der Waals surface area contributed by atoms with Crippen LogP contribution < -0.4 is 5.73 Å². The summed E-state index contributed by atoms with van der Waals surface area (Å²) in [5.41, 5.74) is 5.60. The van der Waals surface area contributed by atoms with Crippen molar-refractivity contribution in [2.45, 2.75) is 32.2 Å². The largest absolute Gasteiger partial charge is 0.327 e. The maximum atomic E-state index is 5.60. The fourth-order valence-electron chi connectivity index (χ4n) is 0.895. The molecule has 1 saturated carbocycles. The van der Waals surface area contributed by atoms with Gasteiger partial charge in [-0.2, -0.15) is 0 Å². The molecular weight excluding hydrogens is 110 g/mol. The zero-order valence-corrected chi connectivity index (χ0v) is 6.01. The fourth-order valence-corrected chi connectivity index (χ4v) is 0.895. The molecule has 0 saturated heterocycles. The summed E-state index contributed by atoms with van der Waals surface area (Å²) in [5.74, 6) is 0.719. The van der Waals surface area contributed by atoms with Crippen LogP contribution in [0, 0.1) is 5.92 Å². The van der Waals surface area contributed by atoms with Crippen LogP contribution in [-0.2, 0) is 0 Å². The van der Waals surface area contributed by atoms with E-state index in [-0.39, 0.29) is 0 Å². The molecule has 1 aliphatic rings. The minimum absolute atomic E-state index is 0.484. The van der Waals surface area contributed by atoms with Crippen molar-refractivity contribution in [3.63, 3.8) is 0 Å². The summed E-state index contributed by atoms with van der Waals surface area (Å²) in [7, 11) is 0. The van der Waals surface area contributed by atoms with Crippen LogP contribution in [0.25, 0.3) is 0 Å². The summed E-state index contributed by atoms with van der Waals surface area (Å²) in [6.45, 7) is 2.19. The highest BCUT2D eigenvalue weighted by Crippen LogP contribution is 2.28. The summed E-state index contributed by atoms with van der Waals surface area (Å²) in [5, 5.41) is 0. The average Bonchev–Trinajstić information content (AvgIpc) is 2.48. The molecule has 0 heterocycles. The Morgan fingerprint density at radius 3 is 2.78 bits per heavy atom. The molecule has 52 valence electrons. The van der Waals surface area contributed by atoms with E-state index in [1.807, 2.05) is 0 Å². The number of nitrogens with two attached hydrogens (primary N) is 1. The van der Waals surface area contributed by atoms with Gasteiger partial charge in [0, 0.05) is 6.04 Å². The molecule has 0 aromatic rings. The van der Waals surface area contributed by atoms with Crippen molar-refractivity contribution < 1.29 is 0 Å². The standard InChI is InChI=1S/C8H15N/c1-2-3-4-5-7-6-8(7)9/h4-5,7-8H,2-3,6,9H2,1H3/b5-4+. The topological polar surface area (TPSA) is 26.0 Å². The van der Waals surface area contributed by atoms with Crippen molar-refractivity contribution in [3.8, 4) is 0 Å². The molecule has 1 heteroatoms. The third kappa shape index (κ3) is 2.19. The number of hydrogen-bond acceptors (Lipinski definition) is 1. The van der Waals surface area contributed by atoms with Crippen LogP contribution in [0.2, 0.25) is 0 Å². The maximum absolute atomic E-state index is 5.60. The first-order valence-electron chi connectivity index (χ1n) is 3.77. The van der Waals surface area contributed by atoms with Crippen LogP contribution in [0.5, 0.6) is 0 Å². The molecular formula is C8H15N. The Morgan fingerprint density at radius 2 is 2.33 bits per heavy atom. The first-order valence-corrected chi connectivity index (χ1v) is 3.77. The maximum Gasteiger partial charge on any atom is 0.0109 e. The predicted molar refractivity (Wildman–Crippen MR) is 40.1 cm³/mol. The summed E-state index contributed by atoms with van der Waals surface area (Å²) in [6.07, 6.45) is 8.17. The molecule has 1 rings (SSSR count). The molecule has 0 aliphatic heterocycles. The van der Waals surface area contributed by atoms with E-state index in [1.165, 1.54) is 19.3 Å². The van der Waals surface area contributed by atoms with E-state index in [4.69, 9.17) is 5.73 Å². The van der Waals surface area contributed by atoms with Crippen molar-refractivity contribution in [2.24, 2.45) is 11.7 Å². The first-order chi connectivity index (χ1) is 4.34. The zero-order valence-electron chi connectivity index (χ0n) is 6.01. The Labute approximate surface area is 56.9 Å². The van der Waals surface area contributed by atoms with Gasteiger partial charge in [-0.25, -0.2) is 0 Å². The summed E-state index contributed by atoms with van der Waals surface area (Å²) >= 11 is 0. The molecule has 9 heavy (non-hydrogen) atoms. The highest BCUT2D eigenvalue weighted by Gasteiger charge is 2.29. The lowest BCUT2D eigenvalue weighted by molar-refractivity contribution is 0.928. The van der Waals surface area contributed by atoms with Crippen molar-refractivity contribution >= 4 is 0 Å². The number of rotatable bonds is 3. The van der Waals surface area contributed by atoms with E-state index in [0.29, 0.717) is 6.04 Å². The molecule has 2 N–H and O–H groups in total. The van der Waals surface area contributed by atoms with Crippen LogP contribution >= 0.6 is 0 Å². The van der Waals surface area contributed by atoms with Crippen LogP contribution in [-0.4, -0.2) is 6.04 Å². The Hall–Kier alpha value is -0.300. The highest BCUT2D eigenvalue weighted by atomic mass is 14.7. The molecule has 0 bridgehead atoms. The van der Waals surface area contributed by atoms with Gasteiger partial charge in [0.05, 0.1) is 0 Å². The van der Waals surface area contributed by atoms with Crippen molar-refractivity contribution in [3.05, 3.63) is 12.2 Å². The van der Waals surface area contributed by atoms with E-state index in [2.05, 4.69) is 19.1 Å². The van der Waals surface area contributed by atoms with E-state index in [9.17, 15) is 0 Å². The van der Waals surface area contributed by atoms with Gasteiger partial charge in [0.25, 0.3) is 0 Å². The van der Waals surface area contributed by atoms with Crippen LogP contribution in [0.4, 0.5) is 0 Å². The predicted octanol–water partition coefficient (Wildman–Crippen LogP) is 1.69. The molecule has 1 fully saturated rings. The van der Waals surface area contributed by atoms with Gasteiger partial charge >= 0.3 is 0 Å². The van der Waals surface area contributed by atoms with Gasteiger partial charge in [-0.15, -0.1) is 0 Å². The third-order valence-corrected chi connectivity index (χ3v) is 1.73. The van der Waals surface area contributed by atoms with Crippen molar-refractivity contribution in [1.29, 1.82) is 0 Å². The van der Waals surface area contributed by atoms with E-state index < -0.39 is 0 Å². The average molecular weight is 125 g/mol. The zero-order chi connectivity index (χ0) is 6.69. The summed E-state index contributed by atoms with van der Waals surface area (Å²) < 4.78 is 0. The number of allylic oxidation sites excluding steroid dienone is 1. The lowest BCUT2D eigenvalue weighted by atomic mass is 10.3. The van der Waals surface area contributed by atoms with Crippen molar-refractivity contribution in [2.75, 3.05) is 0 Å². The lowest BCUT2D eigenvalue weighted by Gasteiger charge is -1.83. The fraction of sp³-hybridized carbons (Fsp3) is 0.750. The second-order valence-electron chi connectivity index (χ2n) is 2.78. The summed E-state index contributed by atoms with van der Waals surface area (Å²) in [6, 6.07) is 0.484. The SMILES string of the molecule is CCC/C=C/C1CC1N. The number of hydrogen-bond donors (Lipinski definition) is 1. The highest BCUT2D eigenvalue weighted by molar-refractivity contribution is 5.04. The van der Waals surface area contributed by atoms with Crippen LogP contribution in [0.3, 0.4) is 0 Å². The molecule has 0 aromatic carbocycles. The Bertz CT molecular complexity index is 107.